The Morgan fingerprint density at radius 2 is 1.21 bits per heavy atom. The number of aliphatic carboxylic acids is 2. The van der Waals surface area contributed by atoms with Crippen molar-refractivity contribution in [3.8, 4) is 0 Å². The zero-order valence-corrected chi connectivity index (χ0v) is 32.9. The van der Waals surface area contributed by atoms with Crippen LogP contribution >= 0.6 is 50.1 Å². The van der Waals surface area contributed by atoms with Crippen molar-refractivity contribution in [1.82, 2.24) is 0 Å². The van der Waals surface area contributed by atoms with Crippen molar-refractivity contribution in [2.24, 2.45) is 0 Å². The van der Waals surface area contributed by atoms with E-state index in [1.807, 2.05) is 22.6 Å². The summed E-state index contributed by atoms with van der Waals surface area (Å²) in [6, 6.07) is 23.0. The molecular formula is C39H25BrClF4IO11. The van der Waals surface area contributed by atoms with E-state index in [1.165, 1.54) is 30.3 Å². The van der Waals surface area contributed by atoms with Gasteiger partial charge in [0.1, 0.15) is 11.4 Å². The number of carbonyl (C=O) groups is 6. The summed E-state index contributed by atoms with van der Waals surface area (Å²) in [5.41, 5.74) is -1.31. The molecular weight excluding hydrogens is 963 g/mol. The molecule has 5 N–H and O–H groups in total. The van der Waals surface area contributed by atoms with Gasteiger partial charge in [0.05, 0.1) is 22.3 Å². The Labute approximate surface area is 346 Å². The maximum absolute atomic E-state index is 13.3. The van der Waals surface area contributed by atoms with Crippen LogP contribution in [0.1, 0.15) is 52.6 Å². The maximum Gasteiger partial charge on any atom is 0.419 e. The predicted molar refractivity (Wildman–Crippen MR) is 212 cm³/mol. The molecule has 0 radical (unpaired) electrons. The molecule has 57 heavy (non-hydrogen) atoms. The van der Waals surface area contributed by atoms with Gasteiger partial charge < -0.3 is 25.5 Å². The summed E-state index contributed by atoms with van der Waals surface area (Å²) in [5.74, 6) is -7.64. The predicted octanol–water partition coefficient (Wildman–Crippen LogP) is 10.1. The average Bonchev–Trinajstić information content (AvgIpc) is 3.14. The van der Waals surface area contributed by atoms with Crippen LogP contribution < -0.4 is 0 Å². The average molecular weight is 988 g/mol. The highest BCUT2D eigenvalue weighted by atomic mass is 127. The van der Waals surface area contributed by atoms with E-state index in [0.717, 1.165) is 22.7 Å². The van der Waals surface area contributed by atoms with Gasteiger partial charge in [0, 0.05) is 30.3 Å². The highest BCUT2D eigenvalue weighted by Gasteiger charge is 2.34. The highest BCUT2D eigenvalue weighted by Crippen LogP contribution is 2.32. The van der Waals surface area contributed by atoms with Gasteiger partial charge in [-0.2, -0.15) is 13.2 Å². The summed E-state index contributed by atoms with van der Waals surface area (Å²) < 4.78 is 51.5. The van der Waals surface area contributed by atoms with Gasteiger partial charge in [-0.25, -0.2) is 28.4 Å². The number of aromatic carboxylic acids is 3. The van der Waals surface area contributed by atoms with Gasteiger partial charge in [-0.15, -0.1) is 0 Å². The normalized spacial score (nSPS) is 10.4. The largest absolute Gasteiger partial charge is 0.478 e. The third-order valence-electron chi connectivity index (χ3n) is 6.87. The van der Waals surface area contributed by atoms with E-state index in [2.05, 4.69) is 22.5 Å². The van der Waals surface area contributed by atoms with Crippen LogP contribution in [0.15, 0.2) is 120 Å². The molecule has 0 atom stereocenters. The van der Waals surface area contributed by atoms with Crippen molar-refractivity contribution in [3.63, 3.8) is 0 Å². The van der Waals surface area contributed by atoms with Crippen molar-refractivity contribution < 1.29 is 71.9 Å². The third kappa shape index (κ3) is 14.9. The molecule has 0 fully saturated rings. The molecule has 18 heteroatoms. The number of Topliss-reactive ketones (excluding diaryl/α,β-unsaturated/α-hetero) is 1. The quantitative estimate of drug-likeness (QED) is 0.0247. The SMILES string of the molecule is C=C(C(=O)O)C(=O)c1ccc(Br)cc1.O=C(O)C=Cc1cccc(C(F)(F)F)c1F.O=C(O)c1cc(Cl)ccc1I.O=C(O)c1ccc2cc(C(=O)O)ccc2c1. The second-order valence-corrected chi connectivity index (χ2v) is 13.3. The van der Waals surface area contributed by atoms with Gasteiger partial charge >= 0.3 is 36.0 Å². The van der Waals surface area contributed by atoms with Crippen molar-refractivity contribution in [3.05, 3.63) is 168 Å². The number of fused-ring (bicyclic) bond motifs is 1. The Morgan fingerprint density at radius 3 is 1.63 bits per heavy atom. The molecule has 0 aliphatic rings. The number of rotatable bonds is 8. The first-order valence-electron chi connectivity index (χ1n) is 15.2. The zero-order chi connectivity index (χ0) is 43.2. The van der Waals surface area contributed by atoms with E-state index >= 15 is 0 Å². The minimum Gasteiger partial charge on any atom is -0.478 e. The molecule has 5 aromatic rings. The van der Waals surface area contributed by atoms with Gasteiger partial charge in [-0.1, -0.05) is 58.4 Å². The number of carbonyl (C=O) groups excluding carboxylic acids is 1. The molecule has 5 aromatic carbocycles. The van der Waals surface area contributed by atoms with Crippen molar-refractivity contribution in [2.45, 2.75) is 6.18 Å². The second kappa shape index (κ2) is 21.4. The number of carboxylic acid groups (broad SMARTS) is 5. The molecule has 0 unspecified atom stereocenters. The van der Waals surface area contributed by atoms with E-state index in [4.69, 9.17) is 37.1 Å². The monoisotopic (exact) mass is 986 g/mol. The lowest BCUT2D eigenvalue weighted by atomic mass is 10.0. The number of benzene rings is 5. The molecule has 0 saturated heterocycles. The lowest BCUT2D eigenvalue weighted by molar-refractivity contribution is -0.140. The lowest BCUT2D eigenvalue weighted by Crippen LogP contribution is -2.10. The molecule has 0 saturated carbocycles. The van der Waals surface area contributed by atoms with Crippen LogP contribution in [-0.2, 0) is 15.8 Å². The summed E-state index contributed by atoms with van der Waals surface area (Å²) in [6.45, 7) is 3.19. The summed E-state index contributed by atoms with van der Waals surface area (Å²) in [6.07, 6.45) is -3.46. The van der Waals surface area contributed by atoms with Crippen LogP contribution in [0.3, 0.4) is 0 Å². The minimum atomic E-state index is -4.79. The number of carboxylic acids is 5. The Kier molecular flexibility index (Phi) is 17.7. The topological polar surface area (TPSA) is 204 Å². The molecule has 0 amide bonds. The Morgan fingerprint density at radius 1 is 0.702 bits per heavy atom. The molecule has 0 aliphatic carbocycles. The van der Waals surface area contributed by atoms with Crippen molar-refractivity contribution in [1.29, 1.82) is 0 Å². The third-order valence-corrected chi connectivity index (χ3v) is 8.58. The van der Waals surface area contributed by atoms with E-state index in [1.54, 1.807) is 48.5 Å². The van der Waals surface area contributed by atoms with Crippen LogP contribution in [0, 0.1) is 9.39 Å². The number of alkyl halides is 3. The number of halogens is 7. The van der Waals surface area contributed by atoms with Crippen LogP contribution in [0.5, 0.6) is 0 Å². The Balaban J connectivity index is 0.000000265. The van der Waals surface area contributed by atoms with Crippen LogP contribution in [-0.4, -0.2) is 61.2 Å². The van der Waals surface area contributed by atoms with Gasteiger partial charge in [0.25, 0.3) is 0 Å². The minimum absolute atomic E-state index is 0.190. The van der Waals surface area contributed by atoms with Crippen molar-refractivity contribution in [2.75, 3.05) is 0 Å². The smallest absolute Gasteiger partial charge is 0.419 e. The molecule has 5 rings (SSSR count). The fraction of sp³-hybridized carbons (Fsp3) is 0.0256. The molecule has 0 aromatic heterocycles. The molecule has 0 aliphatic heterocycles. The number of hydrogen-bond acceptors (Lipinski definition) is 6. The first kappa shape index (κ1) is 47.2. The standard InChI is InChI=1S/C12H8O4.C10H7BrO3.C10H6F4O2.C7H4ClIO2/c13-11(14)9-3-1-7-5-10(12(15)16)4-2-8(7)6-9;1-6(10(13)14)9(12)7-2-4-8(11)5-3-7;11-9-6(4-5-8(15)16)2-1-3-7(9)10(12,13)14;8-4-1-2-6(9)5(3-4)7(10)11/h1-6H,(H,13,14)(H,15,16);2-5H,1H2,(H,13,14);1-5H,(H,15,16);1-3H,(H,10,11). The maximum atomic E-state index is 13.3. The summed E-state index contributed by atoms with van der Waals surface area (Å²) in [5, 5.41) is 44.9. The molecule has 0 spiro atoms. The van der Waals surface area contributed by atoms with E-state index in [-0.39, 0.29) is 16.7 Å². The Hall–Kier alpha value is -5.92. The van der Waals surface area contributed by atoms with E-state index in [0.29, 0.717) is 37.1 Å². The molecule has 0 bridgehead atoms. The fourth-order valence-corrected chi connectivity index (χ4v) is 5.11. The van der Waals surface area contributed by atoms with Crippen LogP contribution in [0.25, 0.3) is 16.8 Å². The fourth-order valence-electron chi connectivity index (χ4n) is 4.10. The van der Waals surface area contributed by atoms with Gasteiger partial charge in [-0.05, 0) is 112 Å². The Bertz CT molecular complexity index is 2330. The second-order valence-electron chi connectivity index (χ2n) is 10.8. The lowest BCUT2D eigenvalue weighted by Gasteiger charge is -2.08. The van der Waals surface area contributed by atoms with Crippen LogP contribution in [0.2, 0.25) is 5.02 Å². The van der Waals surface area contributed by atoms with Crippen LogP contribution in [0.4, 0.5) is 17.6 Å². The van der Waals surface area contributed by atoms with E-state index < -0.39 is 64.3 Å². The summed E-state index contributed by atoms with van der Waals surface area (Å²) in [4.78, 5) is 63.9. The van der Waals surface area contributed by atoms with Crippen molar-refractivity contribution >= 4 is 103 Å². The zero-order valence-electron chi connectivity index (χ0n) is 28.4. The summed E-state index contributed by atoms with van der Waals surface area (Å²) >= 11 is 10.8. The van der Waals surface area contributed by atoms with Gasteiger partial charge in [0.15, 0.2) is 5.78 Å². The summed E-state index contributed by atoms with van der Waals surface area (Å²) in [7, 11) is 0. The van der Waals surface area contributed by atoms with Gasteiger partial charge in [0.2, 0.25) is 0 Å². The molecule has 11 nitrogen and oxygen atoms in total. The first-order chi connectivity index (χ1) is 26.5. The molecule has 0 heterocycles. The molecule has 296 valence electrons. The van der Waals surface area contributed by atoms with Gasteiger partial charge in [-0.3, -0.25) is 4.79 Å². The number of hydrogen-bond donors (Lipinski definition) is 5. The first-order valence-corrected chi connectivity index (χ1v) is 17.5. The highest BCUT2D eigenvalue weighted by molar-refractivity contribution is 14.1. The van der Waals surface area contributed by atoms with E-state index in [9.17, 15) is 46.3 Å². The number of ketones is 1.